The summed E-state index contributed by atoms with van der Waals surface area (Å²) < 4.78 is 1.14. The first-order valence-electron chi connectivity index (χ1n) is 11.5. The molecule has 1 unspecified atom stereocenters. The Kier molecular flexibility index (Phi) is 13.1. The first kappa shape index (κ1) is 25.2. The maximum Gasteiger partial charge on any atom is 0.329 e. The maximum atomic E-state index is 11.9. The van der Waals surface area contributed by atoms with Crippen LogP contribution < -0.4 is 11.2 Å². The molecule has 6 nitrogen and oxygen atoms in total. The lowest BCUT2D eigenvalue weighted by Crippen LogP contribution is -2.36. The Morgan fingerprint density at radius 2 is 1.34 bits per heavy atom. The fourth-order valence-electron chi connectivity index (χ4n) is 3.73. The number of carbonyl (C=O) groups is 1. The number of H-pyrrole nitrogens is 1. The lowest BCUT2D eigenvalue weighted by atomic mass is 10.0. The maximum absolute atomic E-state index is 11.9. The molecule has 1 rings (SSSR count). The number of unbranched alkanes of at least 4 members (excludes halogenated alkanes) is 13. The van der Waals surface area contributed by atoms with Crippen molar-refractivity contribution in [1.82, 2.24) is 9.55 Å². The van der Waals surface area contributed by atoms with E-state index in [-0.39, 0.29) is 0 Å². The third kappa shape index (κ3) is 10.5. The van der Waals surface area contributed by atoms with Crippen molar-refractivity contribution in [1.29, 1.82) is 0 Å². The van der Waals surface area contributed by atoms with Crippen molar-refractivity contribution in [3.05, 3.63) is 32.6 Å². The lowest BCUT2D eigenvalue weighted by Gasteiger charge is -2.15. The summed E-state index contributed by atoms with van der Waals surface area (Å²) in [7, 11) is 0. The van der Waals surface area contributed by atoms with E-state index in [2.05, 4.69) is 11.9 Å². The van der Waals surface area contributed by atoms with Crippen LogP contribution in [-0.2, 0) is 4.79 Å². The molecular formula is C23H40N2O4. The molecule has 166 valence electrons. The molecule has 0 amide bonds. The Balaban J connectivity index is 2.14. The second-order valence-corrected chi connectivity index (χ2v) is 8.22. The molecule has 0 aliphatic heterocycles. The zero-order valence-corrected chi connectivity index (χ0v) is 18.4. The Bertz CT molecular complexity index is 693. The summed E-state index contributed by atoms with van der Waals surface area (Å²) in [6, 6.07) is -0.921. The van der Waals surface area contributed by atoms with Gasteiger partial charge in [0.1, 0.15) is 6.04 Å². The standard InChI is InChI=1S/C23H40N2O4/c1-3-4-5-6-7-8-9-10-11-12-13-14-15-16-17-20(22(27)28)25-18-19(2)21(26)24-23(25)29/h18,20H,3-17H2,1-2H3,(H,27,28)(H,24,26,29). The summed E-state index contributed by atoms with van der Waals surface area (Å²) in [5.41, 5.74) is -0.776. The van der Waals surface area contributed by atoms with Crippen LogP contribution in [0.2, 0.25) is 0 Å². The fourth-order valence-corrected chi connectivity index (χ4v) is 3.73. The van der Waals surface area contributed by atoms with Crippen molar-refractivity contribution in [2.24, 2.45) is 0 Å². The van der Waals surface area contributed by atoms with E-state index in [1.165, 1.54) is 76.8 Å². The predicted octanol–water partition coefficient (Wildman–Crippen LogP) is 5.34. The van der Waals surface area contributed by atoms with Gasteiger partial charge in [-0.15, -0.1) is 0 Å². The molecule has 29 heavy (non-hydrogen) atoms. The Morgan fingerprint density at radius 1 is 0.897 bits per heavy atom. The number of carboxylic acid groups (broad SMARTS) is 1. The van der Waals surface area contributed by atoms with Gasteiger partial charge in [0, 0.05) is 11.8 Å². The van der Waals surface area contributed by atoms with Gasteiger partial charge >= 0.3 is 11.7 Å². The topological polar surface area (TPSA) is 92.2 Å². The van der Waals surface area contributed by atoms with E-state index in [9.17, 15) is 19.5 Å². The Labute approximate surface area is 174 Å². The first-order valence-corrected chi connectivity index (χ1v) is 11.5. The van der Waals surface area contributed by atoms with E-state index >= 15 is 0 Å². The van der Waals surface area contributed by atoms with Gasteiger partial charge < -0.3 is 5.11 Å². The summed E-state index contributed by atoms with van der Waals surface area (Å²) >= 11 is 0. The third-order valence-electron chi connectivity index (χ3n) is 5.60. The third-order valence-corrected chi connectivity index (χ3v) is 5.60. The zero-order valence-electron chi connectivity index (χ0n) is 18.4. The summed E-state index contributed by atoms with van der Waals surface area (Å²) in [5.74, 6) is -1.03. The molecule has 0 aliphatic carbocycles. The van der Waals surface area contributed by atoms with Gasteiger partial charge in [-0.1, -0.05) is 96.8 Å². The number of hydrogen-bond acceptors (Lipinski definition) is 3. The largest absolute Gasteiger partial charge is 0.480 e. The van der Waals surface area contributed by atoms with Crippen molar-refractivity contribution in [3.8, 4) is 0 Å². The fraction of sp³-hybridized carbons (Fsp3) is 0.783. The van der Waals surface area contributed by atoms with Gasteiger partial charge in [-0.05, 0) is 13.3 Å². The highest BCUT2D eigenvalue weighted by Crippen LogP contribution is 2.17. The predicted molar refractivity (Wildman–Crippen MR) is 118 cm³/mol. The van der Waals surface area contributed by atoms with Crippen LogP contribution in [0, 0.1) is 6.92 Å². The van der Waals surface area contributed by atoms with E-state index in [1.54, 1.807) is 6.92 Å². The number of aromatic nitrogens is 2. The summed E-state index contributed by atoms with van der Waals surface area (Å²) in [4.78, 5) is 37.1. The molecule has 0 radical (unpaired) electrons. The molecule has 6 heteroatoms. The van der Waals surface area contributed by atoms with Crippen molar-refractivity contribution in [2.75, 3.05) is 0 Å². The van der Waals surface area contributed by atoms with E-state index in [4.69, 9.17) is 0 Å². The molecule has 1 atom stereocenters. The number of nitrogens with zero attached hydrogens (tertiary/aromatic N) is 1. The molecule has 0 bridgehead atoms. The zero-order chi connectivity index (χ0) is 21.5. The van der Waals surface area contributed by atoms with E-state index in [1.807, 2.05) is 0 Å². The van der Waals surface area contributed by atoms with Gasteiger partial charge in [-0.25, -0.2) is 9.59 Å². The second kappa shape index (κ2) is 15.1. The summed E-state index contributed by atoms with van der Waals surface area (Å²) in [5, 5.41) is 9.46. The minimum atomic E-state index is -1.03. The molecule has 0 saturated carbocycles. The van der Waals surface area contributed by atoms with Crippen molar-refractivity contribution >= 4 is 5.97 Å². The molecule has 0 aromatic carbocycles. The van der Waals surface area contributed by atoms with Crippen molar-refractivity contribution in [2.45, 2.75) is 116 Å². The van der Waals surface area contributed by atoms with Crippen LogP contribution in [0.1, 0.15) is 115 Å². The van der Waals surface area contributed by atoms with Crippen LogP contribution in [0.4, 0.5) is 0 Å². The molecule has 0 fully saturated rings. The monoisotopic (exact) mass is 408 g/mol. The van der Waals surface area contributed by atoms with Gasteiger partial charge in [0.15, 0.2) is 0 Å². The van der Waals surface area contributed by atoms with E-state index in [0.29, 0.717) is 12.0 Å². The van der Waals surface area contributed by atoms with Gasteiger partial charge in [-0.3, -0.25) is 14.3 Å². The van der Waals surface area contributed by atoms with Crippen LogP contribution in [0.3, 0.4) is 0 Å². The van der Waals surface area contributed by atoms with Crippen LogP contribution >= 0.6 is 0 Å². The van der Waals surface area contributed by atoms with Crippen LogP contribution in [-0.4, -0.2) is 20.6 Å². The van der Waals surface area contributed by atoms with Crippen LogP contribution in [0.5, 0.6) is 0 Å². The van der Waals surface area contributed by atoms with Gasteiger partial charge in [-0.2, -0.15) is 0 Å². The number of carboxylic acids is 1. The highest BCUT2D eigenvalue weighted by atomic mass is 16.4. The van der Waals surface area contributed by atoms with Crippen LogP contribution in [0.25, 0.3) is 0 Å². The molecular weight excluding hydrogens is 368 g/mol. The number of nitrogens with one attached hydrogen (secondary N) is 1. The van der Waals surface area contributed by atoms with Gasteiger partial charge in [0.05, 0.1) is 0 Å². The summed E-state index contributed by atoms with van der Waals surface area (Å²) in [6.45, 7) is 3.82. The second-order valence-electron chi connectivity index (χ2n) is 8.22. The van der Waals surface area contributed by atoms with Gasteiger partial charge in [0.25, 0.3) is 5.56 Å². The van der Waals surface area contributed by atoms with Crippen LogP contribution in [0.15, 0.2) is 15.8 Å². The van der Waals surface area contributed by atoms with Gasteiger partial charge in [0.2, 0.25) is 0 Å². The van der Waals surface area contributed by atoms with E-state index < -0.39 is 23.3 Å². The SMILES string of the molecule is CCCCCCCCCCCCCCCCC(C(=O)O)n1cc(C)c(=O)[nH]c1=O. The highest BCUT2D eigenvalue weighted by molar-refractivity contribution is 5.71. The number of hydrogen-bond donors (Lipinski definition) is 2. The quantitative estimate of drug-likeness (QED) is 0.340. The van der Waals surface area contributed by atoms with E-state index in [0.717, 1.165) is 23.8 Å². The number of rotatable bonds is 17. The minimum Gasteiger partial charge on any atom is -0.480 e. The molecule has 1 heterocycles. The molecule has 1 aromatic heterocycles. The Morgan fingerprint density at radius 3 is 1.79 bits per heavy atom. The number of aromatic amines is 1. The minimum absolute atomic E-state index is 0.344. The first-order chi connectivity index (χ1) is 14.0. The molecule has 2 N–H and O–H groups in total. The smallest absolute Gasteiger partial charge is 0.329 e. The Hall–Kier alpha value is -1.85. The average molecular weight is 409 g/mol. The molecule has 0 aliphatic rings. The molecule has 0 saturated heterocycles. The average Bonchev–Trinajstić information content (AvgIpc) is 2.68. The molecule has 0 spiro atoms. The van der Waals surface area contributed by atoms with Crippen molar-refractivity contribution in [3.63, 3.8) is 0 Å². The lowest BCUT2D eigenvalue weighted by molar-refractivity contribution is -0.141. The number of aliphatic carboxylic acids is 1. The normalized spacial score (nSPS) is 12.2. The summed E-state index contributed by atoms with van der Waals surface area (Å²) in [6.07, 6.45) is 19.2. The molecule has 1 aromatic rings. The van der Waals surface area contributed by atoms with Crippen molar-refractivity contribution < 1.29 is 9.90 Å². The highest BCUT2D eigenvalue weighted by Gasteiger charge is 2.20. The number of aryl methyl sites for hydroxylation is 1.